The summed E-state index contributed by atoms with van der Waals surface area (Å²) in [5, 5.41) is 19.7. The average Bonchev–Trinajstić information content (AvgIpc) is 2.02. The first-order chi connectivity index (χ1) is 6.49. The third kappa shape index (κ3) is 8.96. The van der Waals surface area contributed by atoms with Gasteiger partial charge in [-0.25, -0.2) is 5.26 Å². The minimum atomic E-state index is -4.14. The molecule has 8 nitrogen and oxygen atoms in total. The topological polar surface area (TPSA) is 120 Å². The fourth-order valence-electron chi connectivity index (χ4n) is 0.746. The molecule has 0 saturated heterocycles. The van der Waals surface area contributed by atoms with Gasteiger partial charge in [0.05, 0.1) is 15.4 Å². The Balaban J connectivity index is 3.83. The summed E-state index contributed by atoms with van der Waals surface area (Å²) < 4.78 is 14.7. The molecule has 0 aromatic rings. The van der Waals surface area contributed by atoms with Gasteiger partial charge in [0.15, 0.2) is 0 Å². The van der Waals surface area contributed by atoms with Crippen molar-refractivity contribution >= 4 is 16.4 Å². The van der Waals surface area contributed by atoms with Gasteiger partial charge in [-0.05, 0) is 0 Å². The smallest absolute Gasteiger partial charge is 0.339 e. The van der Waals surface area contributed by atoms with Crippen molar-refractivity contribution < 1.29 is 34.4 Å². The van der Waals surface area contributed by atoms with E-state index >= 15 is 0 Å². The molecule has 0 saturated carbocycles. The first-order valence-electron chi connectivity index (χ1n) is 3.57. The molecule has 0 fully saturated rings. The minimum Gasteiger partial charge on any atom is -0.395 e. The Morgan fingerprint density at radius 1 is 1.43 bits per heavy atom. The molecular formula is C4H13NO7P2. The summed E-state index contributed by atoms with van der Waals surface area (Å²) in [6.07, 6.45) is -0.304. The summed E-state index contributed by atoms with van der Waals surface area (Å²) in [5.74, 6) is 0. The van der Waals surface area contributed by atoms with Crippen molar-refractivity contribution in [1.82, 2.24) is 4.90 Å². The van der Waals surface area contributed by atoms with Gasteiger partial charge >= 0.3 is 7.60 Å². The SMILES string of the molecule is O=P(O)(O)CN(CCO)CPOOO. The highest BCUT2D eigenvalue weighted by Gasteiger charge is 2.18. The summed E-state index contributed by atoms with van der Waals surface area (Å²) in [5.41, 5.74) is 0. The molecule has 0 aromatic heterocycles. The number of aliphatic hydroxyl groups excluding tert-OH is 1. The van der Waals surface area contributed by atoms with Crippen LogP contribution in [-0.4, -0.2) is 50.8 Å². The van der Waals surface area contributed by atoms with E-state index in [1.807, 2.05) is 0 Å². The van der Waals surface area contributed by atoms with Crippen LogP contribution in [-0.2, 0) is 14.3 Å². The van der Waals surface area contributed by atoms with Crippen LogP contribution in [0.5, 0.6) is 0 Å². The predicted molar refractivity (Wildman–Crippen MR) is 48.7 cm³/mol. The number of nitrogens with zero attached hydrogens (tertiary/aromatic N) is 1. The van der Waals surface area contributed by atoms with Crippen molar-refractivity contribution in [3.05, 3.63) is 0 Å². The molecule has 0 bridgehead atoms. The molecule has 1 atom stereocenters. The Kier molecular flexibility index (Phi) is 7.85. The van der Waals surface area contributed by atoms with Crippen molar-refractivity contribution in [3.63, 3.8) is 0 Å². The van der Waals surface area contributed by atoms with E-state index in [2.05, 4.69) is 9.71 Å². The molecule has 0 spiro atoms. The highest BCUT2D eigenvalue weighted by Crippen LogP contribution is 2.35. The maximum atomic E-state index is 10.6. The highest BCUT2D eigenvalue weighted by atomic mass is 31.2. The van der Waals surface area contributed by atoms with Gasteiger partial charge in [-0.3, -0.25) is 9.46 Å². The maximum Gasteiger partial charge on any atom is 0.339 e. The zero-order valence-corrected chi connectivity index (χ0v) is 9.13. The van der Waals surface area contributed by atoms with Gasteiger partial charge in [-0.15, -0.1) is 0 Å². The van der Waals surface area contributed by atoms with Crippen LogP contribution in [0.15, 0.2) is 0 Å². The summed E-state index contributed by atoms with van der Waals surface area (Å²) in [6, 6.07) is 0. The lowest BCUT2D eigenvalue weighted by Crippen LogP contribution is -2.27. The monoisotopic (exact) mass is 249 g/mol. The summed E-state index contributed by atoms with van der Waals surface area (Å²) in [6.45, 7) is -0.0998. The molecule has 0 radical (unpaired) electrons. The molecule has 0 aliphatic rings. The Bertz CT molecular complexity index is 185. The van der Waals surface area contributed by atoms with E-state index < -0.39 is 13.9 Å². The molecule has 14 heavy (non-hydrogen) atoms. The largest absolute Gasteiger partial charge is 0.395 e. The van der Waals surface area contributed by atoms with E-state index in [1.165, 1.54) is 4.90 Å². The molecular weight excluding hydrogens is 236 g/mol. The first kappa shape index (κ1) is 14.4. The van der Waals surface area contributed by atoms with E-state index in [0.717, 1.165) is 0 Å². The van der Waals surface area contributed by atoms with Crippen molar-refractivity contribution in [2.45, 2.75) is 0 Å². The second-order valence-corrected chi connectivity index (χ2v) is 4.77. The Morgan fingerprint density at radius 2 is 2.07 bits per heavy atom. The Labute approximate surface area is 82.3 Å². The lowest BCUT2D eigenvalue weighted by atomic mass is 10.6. The van der Waals surface area contributed by atoms with Crippen LogP contribution in [0, 0.1) is 0 Å². The zero-order valence-electron chi connectivity index (χ0n) is 7.24. The molecule has 0 rings (SSSR count). The maximum absolute atomic E-state index is 10.6. The van der Waals surface area contributed by atoms with Crippen molar-refractivity contribution in [3.8, 4) is 0 Å². The van der Waals surface area contributed by atoms with E-state index in [-0.39, 0.29) is 28.2 Å². The second-order valence-electron chi connectivity index (χ2n) is 2.38. The van der Waals surface area contributed by atoms with Crippen LogP contribution in [0.3, 0.4) is 0 Å². The summed E-state index contributed by atoms with van der Waals surface area (Å²) in [4.78, 5) is 18.6. The van der Waals surface area contributed by atoms with Gasteiger partial charge in [0.2, 0.25) is 0 Å². The highest BCUT2D eigenvalue weighted by molar-refractivity contribution is 7.51. The van der Waals surface area contributed by atoms with Crippen molar-refractivity contribution in [1.29, 1.82) is 0 Å². The molecule has 0 aliphatic carbocycles. The third-order valence-corrected chi connectivity index (χ3v) is 2.72. The van der Waals surface area contributed by atoms with Gasteiger partial charge in [0.25, 0.3) is 0 Å². The van der Waals surface area contributed by atoms with Crippen LogP contribution in [0.4, 0.5) is 0 Å². The lowest BCUT2D eigenvalue weighted by Gasteiger charge is -2.20. The first-order valence-corrected chi connectivity index (χ1v) is 6.48. The van der Waals surface area contributed by atoms with E-state index in [9.17, 15) is 4.57 Å². The molecule has 10 heteroatoms. The zero-order chi connectivity index (χ0) is 11.0. The molecule has 0 aliphatic heterocycles. The van der Waals surface area contributed by atoms with Crippen LogP contribution in [0.2, 0.25) is 0 Å². The Morgan fingerprint density at radius 3 is 2.50 bits per heavy atom. The van der Waals surface area contributed by atoms with Crippen molar-refractivity contribution in [2.75, 3.05) is 25.7 Å². The number of hydrogen-bond acceptors (Lipinski definition) is 6. The van der Waals surface area contributed by atoms with Crippen LogP contribution in [0.25, 0.3) is 0 Å². The Hall–Kier alpha value is 0.380. The van der Waals surface area contributed by atoms with Gasteiger partial charge < -0.3 is 14.9 Å². The summed E-state index contributed by atoms with van der Waals surface area (Å²) in [7, 11) is -4.43. The van der Waals surface area contributed by atoms with E-state index in [1.54, 1.807) is 0 Å². The molecule has 1 unspecified atom stereocenters. The molecule has 0 amide bonds. The van der Waals surface area contributed by atoms with Crippen molar-refractivity contribution in [2.24, 2.45) is 0 Å². The van der Waals surface area contributed by atoms with Gasteiger partial charge in [-0.1, -0.05) is 5.04 Å². The average molecular weight is 249 g/mol. The fourth-order valence-corrected chi connectivity index (χ4v) is 2.25. The standard InChI is InChI=1S/C4H13NO7P2/c6-2-1-5(3-13-12-11-7)4-14(8,9)10/h6-7,13H,1-4H2,(H2,8,9,10). The molecule has 86 valence electrons. The second kappa shape index (κ2) is 7.64. The van der Waals surface area contributed by atoms with E-state index in [0.29, 0.717) is 0 Å². The molecule has 0 aromatic carbocycles. The van der Waals surface area contributed by atoms with Gasteiger partial charge in [0.1, 0.15) is 6.29 Å². The number of rotatable bonds is 8. The normalized spacial score (nSPS) is 13.2. The fraction of sp³-hybridized carbons (Fsp3) is 1.00. The molecule has 4 N–H and O–H groups in total. The van der Waals surface area contributed by atoms with Crippen LogP contribution in [0.1, 0.15) is 0 Å². The van der Waals surface area contributed by atoms with Crippen LogP contribution < -0.4 is 0 Å². The minimum absolute atomic E-state index is 0.118. The van der Waals surface area contributed by atoms with Gasteiger partial charge in [-0.2, -0.15) is 4.67 Å². The van der Waals surface area contributed by atoms with Gasteiger partial charge in [0, 0.05) is 12.8 Å². The lowest BCUT2D eigenvalue weighted by molar-refractivity contribution is -0.435. The number of hydrogen-bond donors (Lipinski definition) is 4. The molecule has 0 heterocycles. The van der Waals surface area contributed by atoms with E-state index in [4.69, 9.17) is 20.2 Å². The third-order valence-electron chi connectivity index (χ3n) is 1.18. The quantitative estimate of drug-likeness (QED) is 0.194. The predicted octanol–water partition coefficient (Wildman–Crippen LogP) is -0.612. The number of aliphatic hydroxyl groups is 1. The summed E-state index contributed by atoms with van der Waals surface area (Å²) >= 11 is 0. The van der Waals surface area contributed by atoms with Crippen LogP contribution >= 0.6 is 16.4 Å².